The SMILES string of the molecule is CCCNC(Cc1ccc(Cl)c(Cl)c1)C1CCCCS1. The average Bonchev–Trinajstić information content (AvgIpc) is 2.48. The van der Waals surface area contributed by atoms with E-state index in [1.807, 2.05) is 12.1 Å². The quantitative estimate of drug-likeness (QED) is 0.769. The third-order valence-corrected chi connectivity index (χ3v) is 6.02. The van der Waals surface area contributed by atoms with Crippen LogP contribution in [0, 0.1) is 0 Å². The molecule has 1 heterocycles. The zero-order valence-corrected chi connectivity index (χ0v) is 14.3. The molecule has 1 nitrogen and oxygen atoms in total. The Bertz CT molecular complexity index is 419. The summed E-state index contributed by atoms with van der Waals surface area (Å²) in [4.78, 5) is 0. The van der Waals surface area contributed by atoms with Gasteiger partial charge in [-0.3, -0.25) is 0 Å². The lowest BCUT2D eigenvalue weighted by atomic mass is 9.99. The van der Waals surface area contributed by atoms with E-state index in [1.165, 1.54) is 37.0 Å². The maximum atomic E-state index is 6.13. The number of halogens is 2. The molecule has 1 fully saturated rings. The van der Waals surface area contributed by atoms with E-state index in [0.29, 0.717) is 16.1 Å². The molecule has 0 amide bonds. The fourth-order valence-electron chi connectivity index (χ4n) is 2.67. The maximum absolute atomic E-state index is 6.13. The molecule has 4 heteroatoms. The van der Waals surface area contributed by atoms with E-state index >= 15 is 0 Å². The molecule has 1 aromatic rings. The topological polar surface area (TPSA) is 12.0 Å². The minimum absolute atomic E-state index is 0.539. The van der Waals surface area contributed by atoms with Crippen LogP contribution in [0.1, 0.15) is 38.2 Å². The van der Waals surface area contributed by atoms with Crippen LogP contribution in [0.4, 0.5) is 0 Å². The number of benzene rings is 1. The van der Waals surface area contributed by atoms with E-state index in [2.05, 4.69) is 30.1 Å². The Hall–Kier alpha value is 0.110. The van der Waals surface area contributed by atoms with Crippen molar-refractivity contribution < 1.29 is 0 Å². The Morgan fingerprint density at radius 3 is 2.80 bits per heavy atom. The van der Waals surface area contributed by atoms with Crippen molar-refractivity contribution in [2.45, 2.75) is 50.3 Å². The van der Waals surface area contributed by atoms with E-state index in [1.54, 1.807) is 0 Å². The van der Waals surface area contributed by atoms with Gasteiger partial charge in [-0.15, -0.1) is 0 Å². The van der Waals surface area contributed by atoms with Gasteiger partial charge in [-0.1, -0.05) is 42.6 Å². The molecule has 2 atom stereocenters. The second kappa shape index (κ2) is 8.53. The van der Waals surface area contributed by atoms with E-state index in [9.17, 15) is 0 Å². The molecule has 1 saturated heterocycles. The third kappa shape index (κ3) is 4.84. The number of hydrogen-bond acceptors (Lipinski definition) is 2. The number of nitrogens with one attached hydrogen (secondary N) is 1. The van der Waals surface area contributed by atoms with Crippen LogP contribution >= 0.6 is 35.0 Å². The summed E-state index contributed by atoms with van der Waals surface area (Å²) in [5.41, 5.74) is 1.28. The van der Waals surface area contributed by atoms with Gasteiger partial charge in [0.1, 0.15) is 0 Å². The van der Waals surface area contributed by atoms with Gasteiger partial charge in [0, 0.05) is 11.3 Å². The molecule has 2 unspecified atom stereocenters. The minimum Gasteiger partial charge on any atom is -0.313 e. The van der Waals surface area contributed by atoms with Crippen molar-refractivity contribution in [2.75, 3.05) is 12.3 Å². The molecule has 1 aromatic carbocycles. The van der Waals surface area contributed by atoms with Crippen LogP contribution in [0.25, 0.3) is 0 Å². The van der Waals surface area contributed by atoms with Crippen molar-refractivity contribution in [1.82, 2.24) is 5.32 Å². The molecular weight excluding hydrogens is 309 g/mol. The van der Waals surface area contributed by atoms with E-state index in [0.717, 1.165) is 18.2 Å². The summed E-state index contributed by atoms with van der Waals surface area (Å²) in [6.45, 7) is 3.31. The highest BCUT2D eigenvalue weighted by Gasteiger charge is 2.24. The molecular formula is C16H23Cl2NS. The Labute approximate surface area is 136 Å². The van der Waals surface area contributed by atoms with Crippen molar-refractivity contribution in [1.29, 1.82) is 0 Å². The summed E-state index contributed by atoms with van der Waals surface area (Å²) < 4.78 is 0. The zero-order valence-electron chi connectivity index (χ0n) is 12.0. The first-order valence-corrected chi connectivity index (χ1v) is 9.30. The van der Waals surface area contributed by atoms with Gasteiger partial charge in [-0.2, -0.15) is 11.8 Å². The molecule has 0 spiro atoms. The molecule has 1 aliphatic heterocycles. The van der Waals surface area contributed by atoms with Gasteiger partial charge in [0.05, 0.1) is 10.0 Å². The first-order chi connectivity index (χ1) is 9.70. The largest absolute Gasteiger partial charge is 0.313 e. The molecule has 0 saturated carbocycles. The first kappa shape index (κ1) is 16.5. The van der Waals surface area contributed by atoms with Gasteiger partial charge in [0.25, 0.3) is 0 Å². The normalized spacial score (nSPS) is 20.9. The molecule has 1 aliphatic rings. The highest BCUT2D eigenvalue weighted by atomic mass is 35.5. The van der Waals surface area contributed by atoms with Crippen molar-refractivity contribution >= 4 is 35.0 Å². The fraction of sp³-hybridized carbons (Fsp3) is 0.625. The summed E-state index contributed by atoms with van der Waals surface area (Å²) in [5, 5.41) is 5.75. The van der Waals surface area contributed by atoms with Crippen molar-refractivity contribution in [2.24, 2.45) is 0 Å². The summed E-state index contributed by atoms with van der Waals surface area (Å²) in [6, 6.07) is 6.56. The van der Waals surface area contributed by atoms with E-state index in [4.69, 9.17) is 23.2 Å². The van der Waals surface area contributed by atoms with Gasteiger partial charge in [0.15, 0.2) is 0 Å². The summed E-state index contributed by atoms with van der Waals surface area (Å²) >= 11 is 14.3. The van der Waals surface area contributed by atoms with Crippen LogP contribution in [-0.4, -0.2) is 23.6 Å². The zero-order chi connectivity index (χ0) is 14.4. The minimum atomic E-state index is 0.539. The van der Waals surface area contributed by atoms with Gasteiger partial charge in [-0.05, 0) is 55.7 Å². The Morgan fingerprint density at radius 2 is 2.15 bits per heavy atom. The predicted molar refractivity (Wildman–Crippen MR) is 92.3 cm³/mol. The smallest absolute Gasteiger partial charge is 0.0595 e. The van der Waals surface area contributed by atoms with Crippen LogP contribution in [0.3, 0.4) is 0 Å². The molecule has 2 rings (SSSR count). The van der Waals surface area contributed by atoms with E-state index in [-0.39, 0.29) is 0 Å². The van der Waals surface area contributed by atoms with Gasteiger partial charge in [0.2, 0.25) is 0 Å². The Morgan fingerprint density at radius 1 is 1.30 bits per heavy atom. The van der Waals surface area contributed by atoms with Crippen LogP contribution in [0.5, 0.6) is 0 Å². The second-order valence-corrected chi connectivity index (χ2v) is 7.58. The highest BCUT2D eigenvalue weighted by molar-refractivity contribution is 8.00. The molecule has 112 valence electrons. The number of thioether (sulfide) groups is 1. The average molecular weight is 332 g/mol. The molecule has 0 aromatic heterocycles. The standard InChI is InChI=1S/C16H23Cl2NS/c1-2-8-19-15(16-5-3-4-9-20-16)11-12-6-7-13(17)14(18)10-12/h6-7,10,15-16,19H,2-5,8-9,11H2,1H3. The van der Waals surface area contributed by atoms with Gasteiger partial charge < -0.3 is 5.32 Å². The van der Waals surface area contributed by atoms with Crippen LogP contribution in [0.15, 0.2) is 18.2 Å². The molecule has 0 bridgehead atoms. The van der Waals surface area contributed by atoms with E-state index < -0.39 is 0 Å². The number of hydrogen-bond donors (Lipinski definition) is 1. The highest BCUT2D eigenvalue weighted by Crippen LogP contribution is 2.30. The molecule has 0 radical (unpaired) electrons. The van der Waals surface area contributed by atoms with Crippen LogP contribution < -0.4 is 5.32 Å². The van der Waals surface area contributed by atoms with Crippen molar-refractivity contribution in [3.8, 4) is 0 Å². The van der Waals surface area contributed by atoms with Crippen molar-refractivity contribution in [3.63, 3.8) is 0 Å². The summed E-state index contributed by atoms with van der Waals surface area (Å²) in [5.74, 6) is 1.30. The summed E-state index contributed by atoms with van der Waals surface area (Å²) in [6.07, 6.45) is 6.27. The third-order valence-electron chi connectivity index (χ3n) is 3.76. The maximum Gasteiger partial charge on any atom is 0.0595 e. The Kier molecular flexibility index (Phi) is 7.03. The predicted octanol–water partition coefficient (Wildman–Crippen LogP) is 5.19. The molecule has 0 aliphatic carbocycles. The van der Waals surface area contributed by atoms with Gasteiger partial charge in [-0.25, -0.2) is 0 Å². The molecule has 20 heavy (non-hydrogen) atoms. The Balaban J connectivity index is 2.03. The first-order valence-electron chi connectivity index (χ1n) is 7.49. The summed E-state index contributed by atoms with van der Waals surface area (Å²) in [7, 11) is 0. The lowest BCUT2D eigenvalue weighted by Crippen LogP contribution is -2.41. The lowest BCUT2D eigenvalue weighted by Gasteiger charge is -2.31. The van der Waals surface area contributed by atoms with Crippen LogP contribution in [0.2, 0.25) is 10.0 Å². The number of rotatable bonds is 6. The molecule has 1 N–H and O–H groups in total. The lowest BCUT2D eigenvalue weighted by molar-refractivity contribution is 0.461. The van der Waals surface area contributed by atoms with Crippen molar-refractivity contribution in [3.05, 3.63) is 33.8 Å². The second-order valence-electron chi connectivity index (χ2n) is 5.42. The monoisotopic (exact) mass is 331 g/mol. The fourth-order valence-corrected chi connectivity index (χ4v) is 4.42. The van der Waals surface area contributed by atoms with Gasteiger partial charge >= 0.3 is 0 Å². The van der Waals surface area contributed by atoms with Crippen LogP contribution in [-0.2, 0) is 6.42 Å².